The summed E-state index contributed by atoms with van der Waals surface area (Å²) in [6.07, 6.45) is 9.60. The van der Waals surface area contributed by atoms with Crippen molar-refractivity contribution in [1.82, 2.24) is 0 Å². The van der Waals surface area contributed by atoms with Crippen molar-refractivity contribution in [2.75, 3.05) is 6.61 Å². The monoisotopic (exact) mass is 296 g/mol. The van der Waals surface area contributed by atoms with Crippen molar-refractivity contribution < 1.29 is 9.53 Å². The average Bonchev–Trinajstić information content (AvgIpc) is 2.97. The molecule has 0 radical (unpaired) electrons. The minimum Gasteiger partial charge on any atom is -0.466 e. The normalized spacial score (nSPS) is 29.3. The van der Waals surface area contributed by atoms with Crippen molar-refractivity contribution in [3.05, 3.63) is 53.6 Å². The Morgan fingerprint density at radius 3 is 2.82 bits per heavy atom. The maximum atomic E-state index is 12.4. The molecule has 0 N–H and O–H groups in total. The Morgan fingerprint density at radius 2 is 2.05 bits per heavy atom. The van der Waals surface area contributed by atoms with Gasteiger partial charge in [-0.2, -0.15) is 0 Å². The van der Waals surface area contributed by atoms with Gasteiger partial charge in [0.1, 0.15) is 0 Å². The van der Waals surface area contributed by atoms with E-state index in [0.29, 0.717) is 12.5 Å². The van der Waals surface area contributed by atoms with Crippen LogP contribution in [0, 0.1) is 11.8 Å². The summed E-state index contributed by atoms with van der Waals surface area (Å²) in [5.74, 6) is 0.331. The average molecular weight is 296 g/mol. The lowest BCUT2D eigenvalue weighted by atomic mass is 9.79. The Labute approximate surface area is 132 Å². The maximum Gasteiger partial charge on any atom is 0.309 e. The minimum absolute atomic E-state index is 0.00675. The second-order valence-corrected chi connectivity index (χ2v) is 6.14. The summed E-state index contributed by atoms with van der Waals surface area (Å²) >= 11 is 0. The van der Waals surface area contributed by atoms with Crippen molar-refractivity contribution in [2.45, 2.75) is 39.0 Å². The van der Waals surface area contributed by atoms with Crippen LogP contribution in [0.4, 0.5) is 0 Å². The number of hydrogen-bond donors (Lipinski definition) is 0. The lowest BCUT2D eigenvalue weighted by molar-refractivity contribution is -0.149. The molecule has 0 heterocycles. The summed E-state index contributed by atoms with van der Waals surface area (Å²) in [5.41, 5.74) is 4.22. The molecule has 2 atom stereocenters. The molecule has 3 rings (SSSR count). The lowest BCUT2D eigenvalue weighted by Crippen LogP contribution is -2.26. The molecule has 1 aromatic carbocycles. The van der Waals surface area contributed by atoms with Crippen molar-refractivity contribution in [3.63, 3.8) is 0 Å². The molecule has 116 valence electrons. The Kier molecular flexibility index (Phi) is 4.77. The van der Waals surface area contributed by atoms with E-state index >= 15 is 0 Å². The molecule has 0 spiro atoms. The highest BCUT2D eigenvalue weighted by atomic mass is 16.5. The van der Waals surface area contributed by atoms with Gasteiger partial charge in [-0.15, -0.1) is 0 Å². The third-order valence-electron chi connectivity index (χ3n) is 4.87. The zero-order chi connectivity index (χ0) is 15.4. The van der Waals surface area contributed by atoms with E-state index in [9.17, 15) is 4.79 Å². The van der Waals surface area contributed by atoms with Crippen LogP contribution < -0.4 is 0 Å². The number of ether oxygens (including phenoxy) is 1. The number of benzene rings is 1. The van der Waals surface area contributed by atoms with Gasteiger partial charge in [0.2, 0.25) is 0 Å². The van der Waals surface area contributed by atoms with Crippen molar-refractivity contribution in [3.8, 4) is 0 Å². The van der Waals surface area contributed by atoms with E-state index in [2.05, 4.69) is 42.5 Å². The number of rotatable bonds is 3. The van der Waals surface area contributed by atoms with Gasteiger partial charge in [0, 0.05) is 0 Å². The first kappa shape index (κ1) is 15.1. The van der Waals surface area contributed by atoms with Gasteiger partial charge in [-0.1, -0.05) is 48.1 Å². The van der Waals surface area contributed by atoms with Crippen LogP contribution in [0.25, 0.3) is 5.57 Å². The molecule has 22 heavy (non-hydrogen) atoms. The van der Waals surface area contributed by atoms with E-state index < -0.39 is 0 Å². The summed E-state index contributed by atoms with van der Waals surface area (Å²) < 4.78 is 5.33. The van der Waals surface area contributed by atoms with E-state index in [1.807, 2.05) is 6.92 Å². The third-order valence-corrected chi connectivity index (χ3v) is 4.87. The zero-order valence-electron chi connectivity index (χ0n) is 13.3. The largest absolute Gasteiger partial charge is 0.466 e. The Balaban J connectivity index is 1.99. The SMILES string of the molecule is CCOC(=O)[C@H]1C/C=C\C/C(c2ccccc2)=C2/CCC[C@H]21. The van der Waals surface area contributed by atoms with Gasteiger partial charge in [-0.3, -0.25) is 4.79 Å². The van der Waals surface area contributed by atoms with E-state index in [4.69, 9.17) is 4.74 Å². The molecule has 2 heteroatoms. The van der Waals surface area contributed by atoms with Gasteiger partial charge < -0.3 is 4.74 Å². The zero-order valence-corrected chi connectivity index (χ0v) is 13.3. The number of esters is 1. The molecular formula is C20H24O2. The summed E-state index contributed by atoms with van der Waals surface area (Å²) in [6.45, 7) is 2.35. The minimum atomic E-state index is -0.0224. The Bertz CT molecular complexity index is 583. The molecule has 0 unspecified atom stereocenters. The highest BCUT2D eigenvalue weighted by molar-refractivity contribution is 5.77. The number of fused-ring (bicyclic) bond motifs is 1. The van der Waals surface area contributed by atoms with Crippen LogP contribution in [0.15, 0.2) is 48.1 Å². The molecular weight excluding hydrogens is 272 g/mol. The van der Waals surface area contributed by atoms with Crippen LogP contribution in [-0.4, -0.2) is 12.6 Å². The fraction of sp³-hybridized carbons (Fsp3) is 0.450. The lowest BCUT2D eigenvalue weighted by Gasteiger charge is -2.26. The van der Waals surface area contributed by atoms with Gasteiger partial charge in [0.25, 0.3) is 0 Å². The molecule has 1 saturated carbocycles. The fourth-order valence-electron chi connectivity index (χ4n) is 3.88. The first-order valence-electron chi connectivity index (χ1n) is 8.40. The highest BCUT2D eigenvalue weighted by Crippen LogP contribution is 2.44. The predicted octanol–water partition coefficient (Wildman–Crippen LogP) is 4.77. The van der Waals surface area contributed by atoms with Crippen LogP contribution in [-0.2, 0) is 9.53 Å². The quantitative estimate of drug-likeness (QED) is 0.593. The van der Waals surface area contributed by atoms with Crippen LogP contribution in [0.2, 0.25) is 0 Å². The number of carbonyl (C=O) groups excluding carboxylic acids is 1. The molecule has 0 aliphatic heterocycles. The summed E-state index contributed by atoms with van der Waals surface area (Å²) in [4.78, 5) is 12.4. The van der Waals surface area contributed by atoms with Crippen LogP contribution in [0.1, 0.15) is 44.6 Å². The molecule has 0 bridgehead atoms. The van der Waals surface area contributed by atoms with Crippen LogP contribution >= 0.6 is 0 Å². The van der Waals surface area contributed by atoms with E-state index in [-0.39, 0.29) is 11.9 Å². The third kappa shape index (κ3) is 3.01. The van der Waals surface area contributed by atoms with E-state index in [0.717, 1.165) is 25.7 Å². The highest BCUT2D eigenvalue weighted by Gasteiger charge is 2.36. The number of hydrogen-bond acceptors (Lipinski definition) is 2. The second-order valence-electron chi connectivity index (χ2n) is 6.14. The number of carbonyl (C=O) groups is 1. The molecule has 0 saturated heterocycles. The summed E-state index contributed by atoms with van der Waals surface area (Å²) in [5, 5.41) is 0. The number of allylic oxidation sites excluding steroid dienone is 4. The summed E-state index contributed by atoms with van der Waals surface area (Å²) in [7, 11) is 0. The van der Waals surface area contributed by atoms with Gasteiger partial charge in [0.15, 0.2) is 0 Å². The van der Waals surface area contributed by atoms with E-state index in [1.165, 1.54) is 23.1 Å². The standard InChI is InChI=1S/C20H24O2/c1-2-22-20(21)19-12-7-6-11-16(15-9-4-3-5-10-15)17-13-8-14-18(17)19/h3-7,9-10,18-19H,2,8,11-14H2,1H3/b7-6-,17-16+/t18-,19+/m1/s1. The molecule has 1 fully saturated rings. The van der Waals surface area contributed by atoms with Gasteiger partial charge >= 0.3 is 5.97 Å². The predicted molar refractivity (Wildman–Crippen MR) is 89.2 cm³/mol. The molecule has 2 aliphatic rings. The Morgan fingerprint density at radius 1 is 1.23 bits per heavy atom. The van der Waals surface area contributed by atoms with Crippen LogP contribution in [0.5, 0.6) is 0 Å². The van der Waals surface area contributed by atoms with Crippen LogP contribution in [0.3, 0.4) is 0 Å². The smallest absolute Gasteiger partial charge is 0.309 e. The fourth-order valence-corrected chi connectivity index (χ4v) is 3.88. The van der Waals surface area contributed by atoms with Crippen molar-refractivity contribution in [2.24, 2.45) is 11.8 Å². The summed E-state index contributed by atoms with van der Waals surface area (Å²) in [6, 6.07) is 10.6. The maximum absolute atomic E-state index is 12.4. The van der Waals surface area contributed by atoms with Gasteiger partial charge in [0.05, 0.1) is 12.5 Å². The molecule has 0 aromatic heterocycles. The Hall–Kier alpha value is -1.83. The van der Waals surface area contributed by atoms with Gasteiger partial charge in [-0.25, -0.2) is 0 Å². The topological polar surface area (TPSA) is 26.3 Å². The second kappa shape index (κ2) is 6.95. The van der Waals surface area contributed by atoms with E-state index in [1.54, 1.807) is 0 Å². The molecule has 0 amide bonds. The molecule has 2 aliphatic carbocycles. The first-order chi connectivity index (χ1) is 10.8. The van der Waals surface area contributed by atoms with Crippen molar-refractivity contribution >= 4 is 11.5 Å². The van der Waals surface area contributed by atoms with Crippen molar-refractivity contribution in [1.29, 1.82) is 0 Å². The first-order valence-corrected chi connectivity index (χ1v) is 8.40. The molecule has 2 nitrogen and oxygen atoms in total. The van der Waals surface area contributed by atoms with Gasteiger partial charge in [-0.05, 0) is 56.1 Å². The molecule has 1 aromatic rings.